The van der Waals surface area contributed by atoms with Gasteiger partial charge < -0.3 is 4.90 Å². The summed E-state index contributed by atoms with van der Waals surface area (Å²) in [5, 5.41) is 0. The van der Waals surface area contributed by atoms with Crippen molar-refractivity contribution in [1.82, 2.24) is 9.97 Å². The Morgan fingerprint density at radius 3 is 3.00 bits per heavy atom. The van der Waals surface area contributed by atoms with Crippen LogP contribution in [-0.4, -0.2) is 27.9 Å². The predicted molar refractivity (Wildman–Crippen MR) is 60.8 cm³/mol. The molecule has 0 radical (unpaired) electrons. The van der Waals surface area contributed by atoms with E-state index in [0.29, 0.717) is 4.83 Å². The molecule has 1 aliphatic heterocycles. The van der Waals surface area contributed by atoms with E-state index in [0.717, 1.165) is 18.9 Å². The maximum absolute atomic E-state index is 4.32. The van der Waals surface area contributed by atoms with Crippen LogP contribution in [0, 0.1) is 0 Å². The standard InChI is InChI=1S/C10H14BrN3/c11-9-2-1-6-14(7-3-9)10-8-12-4-5-13-10/h4-5,8-9H,1-3,6-7H2. The number of nitrogens with zero attached hydrogens (tertiary/aromatic N) is 3. The topological polar surface area (TPSA) is 29.0 Å². The summed E-state index contributed by atoms with van der Waals surface area (Å²) in [6, 6.07) is 0. The molecule has 1 saturated heterocycles. The number of anilines is 1. The van der Waals surface area contributed by atoms with Crippen molar-refractivity contribution in [3.8, 4) is 0 Å². The number of rotatable bonds is 1. The molecule has 0 bridgehead atoms. The summed E-state index contributed by atoms with van der Waals surface area (Å²) < 4.78 is 0. The van der Waals surface area contributed by atoms with Crippen molar-refractivity contribution < 1.29 is 0 Å². The largest absolute Gasteiger partial charge is 0.355 e. The summed E-state index contributed by atoms with van der Waals surface area (Å²) in [7, 11) is 0. The van der Waals surface area contributed by atoms with Crippen LogP contribution in [-0.2, 0) is 0 Å². The summed E-state index contributed by atoms with van der Waals surface area (Å²) in [6.07, 6.45) is 8.99. The molecule has 0 spiro atoms. The molecule has 0 N–H and O–H groups in total. The summed E-state index contributed by atoms with van der Waals surface area (Å²) in [4.78, 5) is 11.4. The van der Waals surface area contributed by atoms with Gasteiger partial charge in [0.05, 0.1) is 6.20 Å². The van der Waals surface area contributed by atoms with Crippen LogP contribution in [0.1, 0.15) is 19.3 Å². The first kappa shape index (κ1) is 9.90. The molecule has 3 nitrogen and oxygen atoms in total. The first-order chi connectivity index (χ1) is 6.86. The Hall–Kier alpha value is -0.640. The average Bonchev–Trinajstić information content (AvgIpc) is 2.44. The second kappa shape index (κ2) is 4.73. The highest BCUT2D eigenvalue weighted by Gasteiger charge is 2.15. The molecule has 2 heterocycles. The van der Waals surface area contributed by atoms with Gasteiger partial charge in [-0.25, -0.2) is 4.98 Å². The number of hydrogen-bond acceptors (Lipinski definition) is 3. The Morgan fingerprint density at radius 1 is 1.29 bits per heavy atom. The number of aromatic nitrogens is 2. The minimum atomic E-state index is 0.671. The lowest BCUT2D eigenvalue weighted by molar-refractivity contribution is 0.753. The van der Waals surface area contributed by atoms with E-state index < -0.39 is 0 Å². The third-order valence-corrected chi connectivity index (χ3v) is 3.45. The van der Waals surface area contributed by atoms with Crippen LogP contribution in [0.4, 0.5) is 5.82 Å². The molecule has 1 fully saturated rings. The normalized spacial score (nSPS) is 23.2. The second-order valence-corrected chi connectivity index (χ2v) is 4.87. The van der Waals surface area contributed by atoms with Gasteiger partial charge in [0, 0.05) is 30.3 Å². The van der Waals surface area contributed by atoms with Gasteiger partial charge in [0.1, 0.15) is 5.82 Å². The Kier molecular flexibility index (Phi) is 3.35. The van der Waals surface area contributed by atoms with Gasteiger partial charge in [0.15, 0.2) is 0 Å². The van der Waals surface area contributed by atoms with Gasteiger partial charge in [0.2, 0.25) is 0 Å². The monoisotopic (exact) mass is 255 g/mol. The highest BCUT2D eigenvalue weighted by atomic mass is 79.9. The molecule has 1 atom stereocenters. The van der Waals surface area contributed by atoms with Crippen molar-refractivity contribution in [2.24, 2.45) is 0 Å². The average molecular weight is 256 g/mol. The molecule has 0 aliphatic carbocycles. The zero-order chi connectivity index (χ0) is 9.80. The van der Waals surface area contributed by atoms with Crippen molar-refractivity contribution >= 4 is 21.7 Å². The Labute approximate surface area is 92.7 Å². The highest BCUT2D eigenvalue weighted by Crippen LogP contribution is 2.20. The van der Waals surface area contributed by atoms with Crippen molar-refractivity contribution in [3.05, 3.63) is 18.6 Å². The number of alkyl halides is 1. The Morgan fingerprint density at radius 2 is 2.21 bits per heavy atom. The van der Waals surface area contributed by atoms with Crippen LogP contribution in [0.15, 0.2) is 18.6 Å². The van der Waals surface area contributed by atoms with Crippen LogP contribution < -0.4 is 4.90 Å². The molecule has 0 saturated carbocycles. The van der Waals surface area contributed by atoms with Crippen molar-refractivity contribution in [1.29, 1.82) is 0 Å². The van der Waals surface area contributed by atoms with Gasteiger partial charge in [-0.3, -0.25) is 4.98 Å². The SMILES string of the molecule is BrC1CCCN(c2cnccn2)CC1. The molecular weight excluding hydrogens is 242 g/mol. The minimum absolute atomic E-state index is 0.671. The lowest BCUT2D eigenvalue weighted by atomic mass is 10.2. The maximum atomic E-state index is 4.32. The molecule has 1 aromatic rings. The minimum Gasteiger partial charge on any atom is -0.355 e. The van der Waals surface area contributed by atoms with E-state index in [9.17, 15) is 0 Å². The van der Waals surface area contributed by atoms with Crippen molar-refractivity contribution in [2.45, 2.75) is 24.1 Å². The van der Waals surface area contributed by atoms with E-state index in [1.54, 1.807) is 12.4 Å². The fourth-order valence-corrected chi connectivity index (χ4v) is 2.27. The quantitative estimate of drug-likeness (QED) is 0.721. The Bertz CT molecular complexity index is 278. The van der Waals surface area contributed by atoms with Crippen molar-refractivity contribution in [2.75, 3.05) is 18.0 Å². The van der Waals surface area contributed by atoms with Crippen LogP contribution in [0.2, 0.25) is 0 Å². The Balaban J connectivity index is 2.04. The maximum Gasteiger partial charge on any atom is 0.147 e. The lowest BCUT2D eigenvalue weighted by Crippen LogP contribution is -2.25. The van der Waals surface area contributed by atoms with Crippen LogP contribution >= 0.6 is 15.9 Å². The van der Waals surface area contributed by atoms with E-state index >= 15 is 0 Å². The molecule has 1 aliphatic rings. The summed E-state index contributed by atoms with van der Waals surface area (Å²) in [5.74, 6) is 1.01. The first-order valence-electron chi connectivity index (χ1n) is 5.01. The molecule has 0 aromatic carbocycles. The third-order valence-electron chi connectivity index (χ3n) is 2.53. The van der Waals surface area contributed by atoms with Gasteiger partial charge in [-0.2, -0.15) is 0 Å². The smallest absolute Gasteiger partial charge is 0.147 e. The zero-order valence-electron chi connectivity index (χ0n) is 8.06. The van der Waals surface area contributed by atoms with Crippen LogP contribution in [0.5, 0.6) is 0 Å². The second-order valence-electron chi connectivity index (χ2n) is 3.58. The number of halogens is 1. The van der Waals surface area contributed by atoms with E-state index in [1.165, 1.54) is 19.3 Å². The van der Waals surface area contributed by atoms with E-state index in [-0.39, 0.29) is 0 Å². The molecule has 1 unspecified atom stereocenters. The lowest BCUT2D eigenvalue weighted by Gasteiger charge is -2.20. The van der Waals surface area contributed by atoms with E-state index in [2.05, 4.69) is 30.8 Å². The van der Waals surface area contributed by atoms with Gasteiger partial charge >= 0.3 is 0 Å². The molecule has 4 heteroatoms. The van der Waals surface area contributed by atoms with Crippen LogP contribution in [0.3, 0.4) is 0 Å². The molecule has 1 aromatic heterocycles. The molecule has 76 valence electrons. The molecular formula is C10H14BrN3. The van der Waals surface area contributed by atoms with E-state index in [4.69, 9.17) is 0 Å². The van der Waals surface area contributed by atoms with Gasteiger partial charge in [-0.1, -0.05) is 15.9 Å². The summed E-state index contributed by atoms with van der Waals surface area (Å²) in [6.45, 7) is 2.18. The fraction of sp³-hybridized carbons (Fsp3) is 0.600. The summed E-state index contributed by atoms with van der Waals surface area (Å²) in [5.41, 5.74) is 0. The van der Waals surface area contributed by atoms with Gasteiger partial charge in [0.25, 0.3) is 0 Å². The van der Waals surface area contributed by atoms with Crippen molar-refractivity contribution in [3.63, 3.8) is 0 Å². The molecule has 14 heavy (non-hydrogen) atoms. The van der Waals surface area contributed by atoms with Crippen LogP contribution in [0.25, 0.3) is 0 Å². The third kappa shape index (κ3) is 2.44. The van der Waals surface area contributed by atoms with Gasteiger partial charge in [-0.05, 0) is 19.3 Å². The summed E-state index contributed by atoms with van der Waals surface area (Å²) >= 11 is 3.68. The zero-order valence-corrected chi connectivity index (χ0v) is 9.65. The van der Waals surface area contributed by atoms with Gasteiger partial charge in [-0.15, -0.1) is 0 Å². The van der Waals surface area contributed by atoms with E-state index in [1.807, 2.05) is 6.20 Å². The fourth-order valence-electron chi connectivity index (χ4n) is 1.74. The molecule has 0 amide bonds. The predicted octanol–water partition coefficient (Wildman–Crippen LogP) is 2.23. The molecule has 2 rings (SSSR count). The highest BCUT2D eigenvalue weighted by molar-refractivity contribution is 9.09. The number of hydrogen-bond donors (Lipinski definition) is 0. The first-order valence-corrected chi connectivity index (χ1v) is 5.93.